The van der Waals surface area contributed by atoms with Crippen LogP contribution in [0.15, 0.2) is 57.8 Å². The summed E-state index contributed by atoms with van der Waals surface area (Å²) < 4.78 is 2.59. The Balaban J connectivity index is 1.96. The fraction of sp³-hybridized carbons (Fsp3) is 0.286. The summed E-state index contributed by atoms with van der Waals surface area (Å²) in [6, 6.07) is 14.1. The summed E-state index contributed by atoms with van der Waals surface area (Å²) in [6.45, 7) is 4.38. The van der Waals surface area contributed by atoms with Crippen LogP contribution in [0.5, 0.6) is 0 Å². The fourth-order valence-electron chi connectivity index (χ4n) is 3.26. The number of hydrogen-bond acceptors (Lipinski definition) is 3. The van der Waals surface area contributed by atoms with Gasteiger partial charge in [-0.1, -0.05) is 35.0 Å². The fourth-order valence-corrected chi connectivity index (χ4v) is 3.53. The van der Waals surface area contributed by atoms with Gasteiger partial charge in [-0.3, -0.25) is 9.36 Å². The molecule has 0 saturated carbocycles. The topological polar surface area (TPSA) is 67.2 Å². The number of para-hydroxylation sites is 1. The standard InChI is InChI=1S/C21H23BrN4O2/c1-4-18(25(3)21(28)23-15-12-10-14(22)11-13-15)19-24-17-9-7-6-8-16(17)20(27)26(19)5-2/h6-13,18H,4-5H2,1-3H3,(H,23,28). The molecular weight excluding hydrogens is 420 g/mol. The van der Waals surface area contributed by atoms with Crippen molar-refractivity contribution >= 4 is 38.6 Å². The zero-order chi connectivity index (χ0) is 20.3. The van der Waals surface area contributed by atoms with Crippen LogP contribution in [0.1, 0.15) is 32.1 Å². The van der Waals surface area contributed by atoms with Gasteiger partial charge in [0.25, 0.3) is 5.56 Å². The highest BCUT2D eigenvalue weighted by Gasteiger charge is 2.25. The minimum Gasteiger partial charge on any atom is -0.317 e. The highest BCUT2D eigenvalue weighted by Crippen LogP contribution is 2.23. The van der Waals surface area contributed by atoms with Gasteiger partial charge in [0, 0.05) is 23.8 Å². The monoisotopic (exact) mass is 442 g/mol. The van der Waals surface area contributed by atoms with Gasteiger partial charge in [0.15, 0.2) is 0 Å². The molecule has 1 heterocycles. The molecule has 2 aromatic carbocycles. The Morgan fingerprint density at radius 1 is 1.18 bits per heavy atom. The van der Waals surface area contributed by atoms with Crippen molar-refractivity contribution in [3.8, 4) is 0 Å². The van der Waals surface area contributed by atoms with Gasteiger partial charge in [0.2, 0.25) is 0 Å². The van der Waals surface area contributed by atoms with Gasteiger partial charge in [-0.05, 0) is 49.7 Å². The maximum absolute atomic E-state index is 12.9. The third kappa shape index (κ3) is 3.94. The molecule has 28 heavy (non-hydrogen) atoms. The number of carbonyl (C=O) groups is 1. The molecule has 7 heteroatoms. The predicted molar refractivity (Wildman–Crippen MR) is 116 cm³/mol. The van der Waals surface area contributed by atoms with Gasteiger partial charge in [-0.2, -0.15) is 0 Å². The molecule has 1 N–H and O–H groups in total. The van der Waals surface area contributed by atoms with Crippen molar-refractivity contribution in [1.82, 2.24) is 14.5 Å². The van der Waals surface area contributed by atoms with E-state index in [0.717, 1.165) is 4.47 Å². The number of urea groups is 1. The van der Waals surface area contributed by atoms with E-state index in [1.54, 1.807) is 22.6 Å². The summed E-state index contributed by atoms with van der Waals surface area (Å²) in [6.07, 6.45) is 0.634. The summed E-state index contributed by atoms with van der Waals surface area (Å²) >= 11 is 3.38. The second kappa shape index (κ2) is 8.56. The molecule has 0 bridgehead atoms. The molecule has 146 valence electrons. The predicted octanol–water partition coefficient (Wildman–Crippen LogP) is 4.79. The maximum atomic E-state index is 12.9. The molecule has 0 saturated heterocycles. The number of benzene rings is 2. The van der Waals surface area contributed by atoms with Gasteiger partial charge in [-0.15, -0.1) is 0 Å². The van der Waals surface area contributed by atoms with Crippen molar-refractivity contribution in [2.45, 2.75) is 32.9 Å². The highest BCUT2D eigenvalue weighted by atomic mass is 79.9. The second-order valence-corrected chi connectivity index (χ2v) is 7.42. The zero-order valence-corrected chi connectivity index (χ0v) is 17.7. The highest BCUT2D eigenvalue weighted by molar-refractivity contribution is 9.10. The van der Waals surface area contributed by atoms with E-state index < -0.39 is 0 Å². The Bertz CT molecular complexity index is 1050. The first-order valence-corrected chi connectivity index (χ1v) is 10.0. The smallest absolute Gasteiger partial charge is 0.317 e. The lowest BCUT2D eigenvalue weighted by molar-refractivity contribution is 0.198. The van der Waals surface area contributed by atoms with Crippen molar-refractivity contribution in [1.29, 1.82) is 0 Å². The van der Waals surface area contributed by atoms with Gasteiger partial charge >= 0.3 is 6.03 Å². The van der Waals surface area contributed by atoms with Crippen LogP contribution in [0.3, 0.4) is 0 Å². The number of hydrogen-bond donors (Lipinski definition) is 1. The van der Waals surface area contributed by atoms with E-state index in [1.807, 2.05) is 56.3 Å². The van der Waals surface area contributed by atoms with Crippen molar-refractivity contribution in [2.75, 3.05) is 12.4 Å². The van der Waals surface area contributed by atoms with Gasteiger partial charge in [0.1, 0.15) is 5.82 Å². The Hall–Kier alpha value is -2.67. The average molecular weight is 443 g/mol. The van der Waals surface area contributed by atoms with E-state index in [9.17, 15) is 9.59 Å². The molecule has 0 radical (unpaired) electrons. The SMILES string of the molecule is CCC(c1nc2ccccc2c(=O)n1CC)N(C)C(=O)Nc1ccc(Br)cc1. The van der Waals surface area contributed by atoms with E-state index in [2.05, 4.69) is 21.2 Å². The maximum Gasteiger partial charge on any atom is 0.322 e. The van der Waals surface area contributed by atoms with Crippen molar-refractivity contribution in [3.05, 3.63) is 69.2 Å². The number of rotatable bonds is 5. The van der Waals surface area contributed by atoms with Crippen LogP contribution in [0.4, 0.5) is 10.5 Å². The Kier molecular flexibility index (Phi) is 6.14. The molecule has 1 aromatic heterocycles. The normalized spacial score (nSPS) is 12.0. The zero-order valence-electron chi connectivity index (χ0n) is 16.1. The van der Waals surface area contributed by atoms with Crippen LogP contribution in [-0.4, -0.2) is 27.5 Å². The molecule has 3 aromatic rings. The molecule has 0 aliphatic carbocycles. The largest absolute Gasteiger partial charge is 0.322 e. The molecule has 0 aliphatic rings. The number of nitrogens with zero attached hydrogens (tertiary/aromatic N) is 3. The van der Waals surface area contributed by atoms with E-state index >= 15 is 0 Å². The number of aromatic nitrogens is 2. The minimum atomic E-state index is -0.326. The lowest BCUT2D eigenvalue weighted by atomic mass is 10.1. The summed E-state index contributed by atoms with van der Waals surface area (Å²) in [5, 5.41) is 3.48. The molecular formula is C21H23BrN4O2. The first-order valence-electron chi connectivity index (χ1n) is 9.25. The van der Waals surface area contributed by atoms with Gasteiger partial charge in [0.05, 0.1) is 16.9 Å². The quantitative estimate of drug-likeness (QED) is 0.617. The third-order valence-corrected chi connectivity index (χ3v) is 5.30. The Morgan fingerprint density at radius 3 is 2.50 bits per heavy atom. The molecule has 2 amide bonds. The van der Waals surface area contributed by atoms with E-state index in [1.165, 1.54) is 0 Å². The van der Waals surface area contributed by atoms with E-state index in [0.29, 0.717) is 35.4 Å². The van der Waals surface area contributed by atoms with E-state index in [-0.39, 0.29) is 17.6 Å². The van der Waals surface area contributed by atoms with Crippen molar-refractivity contribution < 1.29 is 4.79 Å². The number of fused-ring (bicyclic) bond motifs is 1. The van der Waals surface area contributed by atoms with E-state index in [4.69, 9.17) is 4.98 Å². The number of nitrogens with one attached hydrogen (secondary N) is 1. The van der Waals surface area contributed by atoms with Crippen LogP contribution >= 0.6 is 15.9 Å². The molecule has 6 nitrogen and oxygen atoms in total. The number of amides is 2. The van der Waals surface area contributed by atoms with Gasteiger partial charge < -0.3 is 10.2 Å². The third-order valence-electron chi connectivity index (χ3n) is 4.78. The summed E-state index contributed by atoms with van der Waals surface area (Å²) in [7, 11) is 1.73. The molecule has 1 unspecified atom stereocenters. The van der Waals surface area contributed by atoms with Crippen LogP contribution < -0.4 is 10.9 Å². The van der Waals surface area contributed by atoms with Crippen LogP contribution in [0, 0.1) is 0 Å². The number of anilines is 1. The average Bonchev–Trinajstić information content (AvgIpc) is 2.70. The second-order valence-electron chi connectivity index (χ2n) is 6.51. The first-order chi connectivity index (χ1) is 13.5. The van der Waals surface area contributed by atoms with Crippen LogP contribution in [0.25, 0.3) is 10.9 Å². The molecule has 0 aliphatic heterocycles. The first kappa shape index (κ1) is 20.1. The summed E-state index contributed by atoms with van der Waals surface area (Å²) in [4.78, 5) is 32.1. The lowest BCUT2D eigenvalue weighted by Gasteiger charge is -2.29. The molecule has 0 spiro atoms. The van der Waals surface area contributed by atoms with Crippen molar-refractivity contribution in [3.63, 3.8) is 0 Å². The Morgan fingerprint density at radius 2 is 1.86 bits per heavy atom. The van der Waals surface area contributed by atoms with Crippen molar-refractivity contribution in [2.24, 2.45) is 0 Å². The van der Waals surface area contributed by atoms with Crippen LogP contribution in [0.2, 0.25) is 0 Å². The van der Waals surface area contributed by atoms with Crippen LogP contribution in [-0.2, 0) is 6.54 Å². The molecule has 1 atom stereocenters. The molecule has 3 rings (SSSR count). The Labute approximate surface area is 172 Å². The number of carbonyl (C=O) groups excluding carboxylic acids is 1. The minimum absolute atomic E-state index is 0.0803. The summed E-state index contributed by atoms with van der Waals surface area (Å²) in [5.41, 5.74) is 1.27. The summed E-state index contributed by atoms with van der Waals surface area (Å²) in [5.74, 6) is 0.599. The number of halogens is 1. The van der Waals surface area contributed by atoms with Gasteiger partial charge in [-0.25, -0.2) is 9.78 Å². The molecule has 0 fully saturated rings. The lowest BCUT2D eigenvalue weighted by Crippen LogP contribution is -2.38.